The highest BCUT2D eigenvalue weighted by molar-refractivity contribution is 5.63. The van der Waals surface area contributed by atoms with Gasteiger partial charge in [0.1, 0.15) is 12.3 Å². The van der Waals surface area contributed by atoms with Crippen molar-refractivity contribution >= 4 is 5.57 Å². The molecule has 1 aliphatic rings. The van der Waals surface area contributed by atoms with E-state index >= 15 is 0 Å². The molecule has 0 fully saturated rings. The molecule has 0 saturated heterocycles. The number of alkyl halides is 2. The maximum atomic E-state index is 12.8. The molecule has 0 spiro atoms. The largest absolute Gasteiger partial charge is 0.470 e. The van der Waals surface area contributed by atoms with E-state index in [1.807, 2.05) is 6.07 Å². The van der Waals surface area contributed by atoms with Crippen molar-refractivity contribution in [3.63, 3.8) is 0 Å². The minimum Gasteiger partial charge on any atom is -0.470 e. The van der Waals surface area contributed by atoms with E-state index in [4.69, 9.17) is 9.47 Å². The molecule has 4 rings (SSSR count). The number of hydrogen-bond donors (Lipinski definition) is 0. The van der Waals surface area contributed by atoms with E-state index in [0.717, 1.165) is 24.3 Å². The Morgan fingerprint density at radius 1 is 1.10 bits per heavy atom. The van der Waals surface area contributed by atoms with Gasteiger partial charge in [0.2, 0.25) is 5.88 Å². The first-order valence-electron chi connectivity index (χ1n) is 9.15. The normalized spacial score (nSPS) is 14.1. The molecule has 29 heavy (non-hydrogen) atoms. The van der Waals surface area contributed by atoms with Gasteiger partial charge < -0.3 is 9.47 Å². The number of ether oxygens (including phenoxy) is 2. The Hall–Kier alpha value is -3.20. The van der Waals surface area contributed by atoms with E-state index in [-0.39, 0.29) is 12.2 Å². The second-order valence-corrected chi connectivity index (χ2v) is 6.54. The summed E-state index contributed by atoms with van der Waals surface area (Å²) in [7, 11) is 0. The zero-order valence-corrected chi connectivity index (χ0v) is 15.8. The number of hydrogen-bond acceptors (Lipinski definition) is 6. The highest BCUT2D eigenvalue weighted by Gasteiger charge is 2.14. The average Bonchev–Trinajstić information content (AvgIpc) is 3.13. The van der Waals surface area contributed by atoms with Gasteiger partial charge in [-0.1, -0.05) is 23.4 Å². The van der Waals surface area contributed by atoms with E-state index in [2.05, 4.69) is 26.6 Å². The fraction of sp³-hybridized carbons (Fsp3) is 0.300. The summed E-state index contributed by atoms with van der Waals surface area (Å²) in [6, 6.07) is 9.49. The van der Waals surface area contributed by atoms with Crippen LogP contribution in [0.1, 0.15) is 35.5 Å². The minimum absolute atomic E-state index is 0.0442. The molecular weight excluding hydrogens is 380 g/mol. The molecule has 1 aliphatic heterocycles. The van der Waals surface area contributed by atoms with Crippen LogP contribution in [-0.2, 0) is 11.3 Å². The zero-order valence-electron chi connectivity index (χ0n) is 15.8. The van der Waals surface area contributed by atoms with E-state index in [0.29, 0.717) is 29.6 Å². The molecular formula is C20H19F2N5O2. The Kier molecular flexibility index (Phi) is 5.57. The molecule has 3 aromatic rings. The molecule has 0 radical (unpaired) electrons. The molecule has 3 heterocycles. The van der Waals surface area contributed by atoms with Crippen LogP contribution in [0, 0.1) is 6.92 Å². The van der Waals surface area contributed by atoms with Crippen molar-refractivity contribution in [2.24, 2.45) is 0 Å². The van der Waals surface area contributed by atoms with Gasteiger partial charge >= 0.3 is 0 Å². The summed E-state index contributed by atoms with van der Waals surface area (Å²) in [5.41, 5.74) is 3.73. The van der Waals surface area contributed by atoms with E-state index in [1.54, 1.807) is 29.8 Å². The highest BCUT2D eigenvalue weighted by Crippen LogP contribution is 2.22. The third-order valence-corrected chi connectivity index (χ3v) is 4.58. The van der Waals surface area contributed by atoms with Gasteiger partial charge in [-0.15, -0.1) is 15.3 Å². The molecule has 0 amide bonds. The third kappa shape index (κ3) is 4.29. The quantitative estimate of drug-likeness (QED) is 0.629. The molecule has 0 aliphatic carbocycles. The third-order valence-electron chi connectivity index (χ3n) is 4.58. The molecule has 2 aromatic heterocycles. The van der Waals surface area contributed by atoms with Crippen molar-refractivity contribution in [3.05, 3.63) is 65.1 Å². The number of benzene rings is 1. The van der Waals surface area contributed by atoms with Crippen LogP contribution in [0.5, 0.6) is 5.88 Å². The summed E-state index contributed by atoms with van der Waals surface area (Å²) in [5, 5.41) is 16.5. The predicted molar refractivity (Wildman–Crippen MR) is 101 cm³/mol. The maximum Gasteiger partial charge on any atom is 0.263 e. The molecule has 0 unspecified atom stereocenters. The van der Waals surface area contributed by atoms with Gasteiger partial charge in [-0.3, -0.25) is 0 Å². The fourth-order valence-corrected chi connectivity index (χ4v) is 2.96. The van der Waals surface area contributed by atoms with Gasteiger partial charge in [-0.2, -0.15) is 0 Å². The minimum atomic E-state index is -2.51. The molecule has 150 valence electrons. The van der Waals surface area contributed by atoms with Gasteiger partial charge in [0, 0.05) is 17.2 Å². The van der Waals surface area contributed by atoms with Crippen LogP contribution in [0.2, 0.25) is 0 Å². The summed E-state index contributed by atoms with van der Waals surface area (Å²) in [6.45, 7) is 3.22. The van der Waals surface area contributed by atoms with Crippen molar-refractivity contribution in [1.29, 1.82) is 0 Å². The van der Waals surface area contributed by atoms with Crippen molar-refractivity contribution in [2.75, 3.05) is 13.2 Å². The van der Waals surface area contributed by atoms with Gasteiger partial charge in [-0.25, -0.2) is 13.5 Å². The Balaban J connectivity index is 1.47. The Bertz CT molecular complexity index is 1000. The molecule has 0 saturated carbocycles. The average molecular weight is 399 g/mol. The molecule has 0 atom stereocenters. The first kappa shape index (κ1) is 19.1. The lowest BCUT2D eigenvalue weighted by Gasteiger charge is -2.13. The van der Waals surface area contributed by atoms with Crippen LogP contribution in [0.25, 0.3) is 11.3 Å². The second-order valence-electron chi connectivity index (χ2n) is 6.54. The lowest BCUT2D eigenvalue weighted by Crippen LogP contribution is -2.09. The van der Waals surface area contributed by atoms with Crippen LogP contribution in [0.15, 0.2) is 42.5 Å². The van der Waals surface area contributed by atoms with Gasteiger partial charge in [0.15, 0.2) is 0 Å². The summed E-state index contributed by atoms with van der Waals surface area (Å²) in [5.74, 6) is 0.367. The summed E-state index contributed by atoms with van der Waals surface area (Å²) >= 11 is 0. The maximum absolute atomic E-state index is 12.8. The van der Waals surface area contributed by atoms with Crippen LogP contribution >= 0.6 is 0 Å². The molecule has 7 nitrogen and oxygen atoms in total. The van der Waals surface area contributed by atoms with Crippen LogP contribution in [0.4, 0.5) is 8.78 Å². The Labute approximate surface area is 166 Å². The molecule has 0 N–H and O–H groups in total. The van der Waals surface area contributed by atoms with Crippen molar-refractivity contribution in [2.45, 2.75) is 26.4 Å². The molecule has 0 bridgehead atoms. The SMILES string of the molecule is Cc1nnn(-c2ccc(C(F)F)cc2)c1COc1ccc(C2=CCCOC2)nn1. The zero-order chi connectivity index (χ0) is 20.2. The predicted octanol–water partition coefficient (Wildman–Crippen LogP) is 3.69. The van der Waals surface area contributed by atoms with Crippen LogP contribution in [-0.4, -0.2) is 38.4 Å². The number of aromatic nitrogens is 5. The first-order chi connectivity index (χ1) is 14.1. The van der Waals surface area contributed by atoms with Gasteiger partial charge in [0.05, 0.1) is 30.3 Å². The van der Waals surface area contributed by atoms with Crippen LogP contribution < -0.4 is 4.74 Å². The highest BCUT2D eigenvalue weighted by atomic mass is 19.3. The number of nitrogens with zero attached hydrogens (tertiary/aromatic N) is 5. The lowest BCUT2D eigenvalue weighted by molar-refractivity contribution is 0.151. The Morgan fingerprint density at radius 3 is 2.59 bits per heavy atom. The summed E-state index contributed by atoms with van der Waals surface area (Å²) in [4.78, 5) is 0. The monoisotopic (exact) mass is 399 g/mol. The molecule has 1 aromatic carbocycles. The van der Waals surface area contributed by atoms with Gasteiger partial charge in [-0.05, 0) is 31.5 Å². The van der Waals surface area contributed by atoms with Crippen LogP contribution in [0.3, 0.4) is 0 Å². The van der Waals surface area contributed by atoms with Crippen molar-refractivity contribution in [3.8, 4) is 11.6 Å². The summed E-state index contributed by atoms with van der Waals surface area (Å²) in [6.07, 6.45) is 0.451. The molecule has 9 heteroatoms. The Morgan fingerprint density at radius 2 is 1.93 bits per heavy atom. The van der Waals surface area contributed by atoms with Crippen molar-refractivity contribution in [1.82, 2.24) is 25.2 Å². The topological polar surface area (TPSA) is 75.0 Å². The summed E-state index contributed by atoms with van der Waals surface area (Å²) < 4.78 is 38.3. The van der Waals surface area contributed by atoms with E-state index in [9.17, 15) is 8.78 Å². The van der Waals surface area contributed by atoms with Gasteiger partial charge in [0.25, 0.3) is 6.43 Å². The standard InChI is InChI=1S/C20H19F2N5O2/c1-13-18(27(26-23-13)16-6-4-14(5-7-16)20(21)22)12-29-19-9-8-17(24-25-19)15-3-2-10-28-11-15/h3-9,20H,2,10-12H2,1H3. The fourth-order valence-electron chi connectivity index (χ4n) is 2.96. The van der Waals surface area contributed by atoms with Crippen molar-refractivity contribution < 1.29 is 18.3 Å². The number of rotatable bonds is 6. The number of halogens is 2. The van der Waals surface area contributed by atoms with E-state index in [1.165, 1.54) is 12.1 Å². The van der Waals surface area contributed by atoms with E-state index < -0.39 is 6.43 Å². The number of aryl methyl sites for hydroxylation is 1. The lowest BCUT2D eigenvalue weighted by atomic mass is 10.1. The first-order valence-corrected chi connectivity index (χ1v) is 9.15. The second kappa shape index (κ2) is 8.44. The smallest absolute Gasteiger partial charge is 0.263 e.